The van der Waals surface area contributed by atoms with Gasteiger partial charge in [0, 0.05) is 11.4 Å². The van der Waals surface area contributed by atoms with Gasteiger partial charge in [-0.25, -0.2) is 0 Å². The van der Waals surface area contributed by atoms with Gasteiger partial charge in [0.15, 0.2) is 0 Å². The first kappa shape index (κ1) is 22.4. The summed E-state index contributed by atoms with van der Waals surface area (Å²) >= 11 is 0. The van der Waals surface area contributed by atoms with Crippen molar-refractivity contribution in [3.63, 3.8) is 0 Å². The summed E-state index contributed by atoms with van der Waals surface area (Å²) in [7, 11) is 0. The highest BCUT2D eigenvalue weighted by Crippen LogP contribution is 2.39. The molecule has 1 nitrogen and oxygen atoms in total. The van der Waals surface area contributed by atoms with Crippen LogP contribution in [-0.2, 0) is 6.42 Å². The molecule has 0 aromatic heterocycles. The van der Waals surface area contributed by atoms with Gasteiger partial charge in [-0.05, 0) is 66.8 Å². The van der Waals surface area contributed by atoms with Gasteiger partial charge in [-0.3, -0.25) is 0 Å². The second-order valence-corrected chi connectivity index (χ2v) is 8.33. The van der Waals surface area contributed by atoms with E-state index in [1.807, 2.05) is 6.07 Å². The first-order valence-corrected chi connectivity index (χ1v) is 11.6. The van der Waals surface area contributed by atoms with E-state index >= 15 is 0 Å². The molecule has 4 aromatic carbocycles. The average molecular weight is 430 g/mol. The maximum atomic E-state index is 2.39. The van der Waals surface area contributed by atoms with Gasteiger partial charge in [0.1, 0.15) is 0 Å². The van der Waals surface area contributed by atoms with Crippen LogP contribution in [0.3, 0.4) is 0 Å². The Balaban J connectivity index is 1.65. The largest absolute Gasteiger partial charge is 0.310 e. The number of hydrogen-bond donors (Lipinski definition) is 0. The highest BCUT2D eigenvalue weighted by atomic mass is 15.1. The Kier molecular flexibility index (Phi) is 7.22. The van der Waals surface area contributed by atoms with Gasteiger partial charge in [-0.1, -0.05) is 110 Å². The minimum Gasteiger partial charge on any atom is -0.310 e. The number of anilines is 3. The van der Waals surface area contributed by atoms with E-state index in [2.05, 4.69) is 141 Å². The van der Waals surface area contributed by atoms with Crippen molar-refractivity contribution in [1.82, 2.24) is 0 Å². The number of para-hydroxylation sites is 1. The lowest BCUT2D eigenvalue weighted by atomic mass is 10.0. The molecule has 0 heterocycles. The molecule has 0 spiro atoms. The van der Waals surface area contributed by atoms with Crippen LogP contribution in [0.15, 0.2) is 109 Å². The van der Waals surface area contributed by atoms with Gasteiger partial charge in [0.25, 0.3) is 0 Å². The van der Waals surface area contributed by atoms with Gasteiger partial charge in [-0.2, -0.15) is 0 Å². The molecule has 0 atom stereocenters. The van der Waals surface area contributed by atoms with Crippen LogP contribution in [0.2, 0.25) is 0 Å². The monoisotopic (exact) mass is 429 g/mol. The molecular weight excluding hydrogens is 398 g/mol. The van der Waals surface area contributed by atoms with Gasteiger partial charge >= 0.3 is 0 Å². The van der Waals surface area contributed by atoms with Crippen molar-refractivity contribution in [2.45, 2.75) is 27.2 Å². The summed E-state index contributed by atoms with van der Waals surface area (Å²) in [5, 5.41) is 0. The first-order valence-electron chi connectivity index (χ1n) is 11.6. The minimum absolute atomic E-state index is 0.994. The molecule has 0 N–H and O–H groups in total. The summed E-state index contributed by atoms with van der Waals surface area (Å²) in [5.74, 6) is 0. The van der Waals surface area contributed by atoms with Gasteiger partial charge < -0.3 is 4.90 Å². The van der Waals surface area contributed by atoms with Crippen LogP contribution in [0.25, 0.3) is 12.2 Å². The normalized spacial score (nSPS) is 11.4. The van der Waals surface area contributed by atoms with Crippen molar-refractivity contribution in [1.29, 1.82) is 0 Å². The standard InChI is InChI=1S/C32H31N/c1-4-29-16-10-11-26(3)32(29)33(30-21-17-25(2)18-22-30)31-23-19-28(20-24-31)15-9-8-14-27-12-6-5-7-13-27/h5-24H,4H2,1-3H3. The van der Waals surface area contributed by atoms with Crippen molar-refractivity contribution >= 4 is 29.2 Å². The second kappa shape index (κ2) is 10.7. The summed E-state index contributed by atoms with van der Waals surface area (Å²) in [6.45, 7) is 6.56. The summed E-state index contributed by atoms with van der Waals surface area (Å²) in [4.78, 5) is 2.39. The number of aryl methyl sites for hydroxylation is 3. The molecule has 0 aliphatic rings. The van der Waals surface area contributed by atoms with Crippen LogP contribution >= 0.6 is 0 Å². The van der Waals surface area contributed by atoms with Crippen molar-refractivity contribution in [3.05, 3.63) is 137 Å². The number of hydrogen-bond acceptors (Lipinski definition) is 1. The van der Waals surface area contributed by atoms with E-state index in [-0.39, 0.29) is 0 Å². The predicted molar refractivity (Wildman–Crippen MR) is 144 cm³/mol. The van der Waals surface area contributed by atoms with Gasteiger partial charge in [0.2, 0.25) is 0 Å². The molecule has 4 rings (SSSR count). The number of rotatable bonds is 7. The van der Waals surface area contributed by atoms with E-state index in [4.69, 9.17) is 0 Å². The molecule has 0 unspecified atom stereocenters. The van der Waals surface area contributed by atoms with E-state index in [1.165, 1.54) is 44.9 Å². The third kappa shape index (κ3) is 5.51. The van der Waals surface area contributed by atoms with Crippen molar-refractivity contribution < 1.29 is 0 Å². The molecule has 0 saturated heterocycles. The molecule has 164 valence electrons. The fourth-order valence-corrected chi connectivity index (χ4v) is 4.06. The smallest absolute Gasteiger partial charge is 0.0522 e. The Morgan fingerprint density at radius 1 is 0.606 bits per heavy atom. The van der Waals surface area contributed by atoms with Crippen LogP contribution < -0.4 is 4.90 Å². The molecule has 4 aromatic rings. The van der Waals surface area contributed by atoms with E-state index < -0.39 is 0 Å². The molecule has 1 heteroatoms. The molecule has 33 heavy (non-hydrogen) atoms. The molecule has 0 aliphatic carbocycles. The quantitative estimate of drug-likeness (QED) is 0.265. The number of nitrogens with zero attached hydrogens (tertiary/aromatic N) is 1. The molecule has 0 fully saturated rings. The number of allylic oxidation sites excluding steroid dienone is 2. The fraction of sp³-hybridized carbons (Fsp3) is 0.125. The summed E-state index contributed by atoms with van der Waals surface area (Å²) in [6.07, 6.45) is 9.44. The molecule has 0 radical (unpaired) electrons. The summed E-state index contributed by atoms with van der Waals surface area (Å²) in [6, 6.07) is 34.5. The predicted octanol–water partition coefficient (Wildman–Crippen LogP) is 9.06. The lowest BCUT2D eigenvalue weighted by molar-refractivity contribution is 1.10. The van der Waals surface area contributed by atoms with E-state index in [0.29, 0.717) is 0 Å². The average Bonchev–Trinajstić information content (AvgIpc) is 2.85. The zero-order valence-corrected chi connectivity index (χ0v) is 19.7. The third-order valence-electron chi connectivity index (χ3n) is 5.86. The Morgan fingerprint density at radius 2 is 1.18 bits per heavy atom. The molecular formula is C32H31N. The Hall–Kier alpha value is -3.84. The van der Waals surface area contributed by atoms with Crippen LogP contribution in [0.1, 0.15) is 34.7 Å². The zero-order valence-electron chi connectivity index (χ0n) is 19.7. The summed E-state index contributed by atoms with van der Waals surface area (Å²) < 4.78 is 0. The molecule has 0 bridgehead atoms. The highest BCUT2D eigenvalue weighted by molar-refractivity contribution is 5.81. The topological polar surface area (TPSA) is 3.24 Å². The van der Waals surface area contributed by atoms with Crippen molar-refractivity contribution in [2.24, 2.45) is 0 Å². The molecule has 0 saturated carbocycles. The molecule has 0 aliphatic heterocycles. The van der Waals surface area contributed by atoms with Crippen LogP contribution in [0.4, 0.5) is 17.1 Å². The Labute approximate surface area is 198 Å². The van der Waals surface area contributed by atoms with E-state index in [9.17, 15) is 0 Å². The Morgan fingerprint density at radius 3 is 1.79 bits per heavy atom. The first-order chi connectivity index (χ1) is 16.2. The maximum absolute atomic E-state index is 2.39. The Bertz CT molecular complexity index is 1230. The van der Waals surface area contributed by atoms with E-state index in [0.717, 1.165) is 6.42 Å². The van der Waals surface area contributed by atoms with Crippen molar-refractivity contribution in [2.75, 3.05) is 4.90 Å². The van der Waals surface area contributed by atoms with Crippen LogP contribution in [-0.4, -0.2) is 0 Å². The molecule has 0 amide bonds. The van der Waals surface area contributed by atoms with Crippen LogP contribution in [0, 0.1) is 13.8 Å². The SMILES string of the molecule is CCc1cccc(C)c1N(c1ccc(C)cc1)c1ccc(C=CC=Cc2ccccc2)cc1. The third-order valence-corrected chi connectivity index (χ3v) is 5.86. The summed E-state index contributed by atoms with van der Waals surface area (Å²) in [5.41, 5.74) is 9.91. The lowest BCUT2D eigenvalue weighted by Crippen LogP contribution is -2.13. The van der Waals surface area contributed by atoms with Crippen molar-refractivity contribution in [3.8, 4) is 0 Å². The fourth-order valence-electron chi connectivity index (χ4n) is 4.06. The van der Waals surface area contributed by atoms with Gasteiger partial charge in [-0.15, -0.1) is 0 Å². The maximum Gasteiger partial charge on any atom is 0.0522 e. The van der Waals surface area contributed by atoms with Gasteiger partial charge in [0.05, 0.1) is 5.69 Å². The zero-order chi connectivity index (χ0) is 23.0. The minimum atomic E-state index is 0.994. The highest BCUT2D eigenvalue weighted by Gasteiger charge is 2.17. The van der Waals surface area contributed by atoms with E-state index in [1.54, 1.807) is 0 Å². The van der Waals surface area contributed by atoms with Crippen LogP contribution in [0.5, 0.6) is 0 Å². The second-order valence-electron chi connectivity index (χ2n) is 8.33. The number of benzene rings is 4. The lowest BCUT2D eigenvalue weighted by Gasteiger charge is -2.29.